The van der Waals surface area contributed by atoms with Crippen LogP contribution in [0.15, 0.2) is 30.3 Å². The van der Waals surface area contributed by atoms with Crippen molar-refractivity contribution in [3.63, 3.8) is 0 Å². The lowest BCUT2D eigenvalue weighted by atomic mass is 9.65. The van der Waals surface area contributed by atoms with Crippen molar-refractivity contribution in [2.45, 2.75) is 60.3 Å². The Kier molecular flexibility index (Phi) is 5.81. The average molecular weight is 355 g/mol. The molecule has 2 nitrogen and oxygen atoms in total. The molecule has 0 N–H and O–H groups in total. The van der Waals surface area contributed by atoms with Gasteiger partial charge < -0.3 is 4.90 Å². The molecule has 0 spiro atoms. The van der Waals surface area contributed by atoms with Crippen LogP contribution < -0.4 is 4.90 Å². The van der Waals surface area contributed by atoms with Gasteiger partial charge in [-0.2, -0.15) is 0 Å². The van der Waals surface area contributed by atoms with Crippen molar-refractivity contribution < 1.29 is 0 Å². The summed E-state index contributed by atoms with van der Waals surface area (Å²) in [7, 11) is 0. The van der Waals surface area contributed by atoms with Gasteiger partial charge in [0.2, 0.25) is 0 Å². The molecule has 0 radical (unpaired) electrons. The molecule has 3 rings (SSSR count). The highest BCUT2D eigenvalue weighted by Gasteiger charge is 2.34. The van der Waals surface area contributed by atoms with Crippen LogP contribution in [0.1, 0.15) is 65.9 Å². The Bertz CT molecular complexity index is 633. The number of hydrogen-bond acceptors (Lipinski definition) is 2. The lowest BCUT2D eigenvalue weighted by Crippen LogP contribution is -2.46. The topological polar surface area (TPSA) is 6.48 Å². The first-order chi connectivity index (χ1) is 12.3. The maximum Gasteiger partial charge on any atom is 0.0443 e. The van der Waals surface area contributed by atoms with E-state index >= 15 is 0 Å². The van der Waals surface area contributed by atoms with Gasteiger partial charge in [-0.15, -0.1) is 0 Å². The number of allylic oxidation sites excluding steroid dienone is 2. The third-order valence-electron chi connectivity index (χ3n) is 5.96. The van der Waals surface area contributed by atoms with Crippen molar-refractivity contribution in [3.05, 3.63) is 35.9 Å². The summed E-state index contributed by atoms with van der Waals surface area (Å²) in [5.74, 6) is 0. The first kappa shape index (κ1) is 19.5. The van der Waals surface area contributed by atoms with Crippen molar-refractivity contribution in [2.24, 2.45) is 10.8 Å². The van der Waals surface area contributed by atoms with E-state index in [0.29, 0.717) is 5.41 Å². The van der Waals surface area contributed by atoms with Crippen LogP contribution in [-0.4, -0.2) is 37.6 Å². The summed E-state index contributed by atoms with van der Waals surface area (Å²) in [6, 6.07) is 9.11. The SMILES string of the molecule is CCCCN1CCN(c2ccccc2C2=CC(C)(C)CC(C)(C)C2)CC1. The van der Waals surface area contributed by atoms with Gasteiger partial charge in [-0.1, -0.05) is 65.3 Å². The highest BCUT2D eigenvalue weighted by molar-refractivity contribution is 5.78. The van der Waals surface area contributed by atoms with E-state index in [1.807, 2.05) is 0 Å². The zero-order valence-electron chi connectivity index (χ0n) is 17.6. The quantitative estimate of drug-likeness (QED) is 0.655. The predicted molar refractivity (Wildman–Crippen MR) is 115 cm³/mol. The van der Waals surface area contributed by atoms with Gasteiger partial charge in [0.15, 0.2) is 0 Å². The Hall–Kier alpha value is -1.28. The van der Waals surface area contributed by atoms with Crippen molar-refractivity contribution in [1.82, 2.24) is 4.90 Å². The number of unbranched alkanes of at least 4 members (excludes halogenated alkanes) is 1. The Morgan fingerprint density at radius 3 is 2.31 bits per heavy atom. The van der Waals surface area contributed by atoms with Crippen LogP contribution in [0, 0.1) is 10.8 Å². The molecule has 0 atom stereocenters. The molecule has 1 fully saturated rings. The fourth-order valence-electron chi connectivity index (χ4n) is 5.17. The summed E-state index contributed by atoms with van der Waals surface area (Å²) < 4.78 is 0. The predicted octanol–water partition coefficient (Wildman–Crippen LogP) is 5.84. The van der Waals surface area contributed by atoms with E-state index in [-0.39, 0.29) is 5.41 Å². The third-order valence-corrected chi connectivity index (χ3v) is 5.96. The minimum atomic E-state index is 0.281. The lowest BCUT2D eigenvalue weighted by Gasteiger charge is -2.41. The molecule has 1 aromatic carbocycles. The zero-order valence-corrected chi connectivity index (χ0v) is 17.6. The standard InChI is InChI=1S/C24H38N2/c1-6-7-12-25-13-15-26(16-14-25)22-11-9-8-10-21(22)20-17-23(2,3)19-24(4,5)18-20/h8-11,17H,6-7,12-16,18-19H2,1-5H3. The van der Waals surface area contributed by atoms with Crippen LogP contribution >= 0.6 is 0 Å². The van der Waals surface area contributed by atoms with E-state index in [4.69, 9.17) is 0 Å². The van der Waals surface area contributed by atoms with Crippen LogP contribution in [-0.2, 0) is 0 Å². The summed E-state index contributed by atoms with van der Waals surface area (Å²) in [4.78, 5) is 5.25. The fraction of sp³-hybridized carbons (Fsp3) is 0.667. The van der Waals surface area contributed by atoms with Crippen LogP contribution in [0.5, 0.6) is 0 Å². The summed E-state index contributed by atoms with van der Waals surface area (Å²) >= 11 is 0. The molecule has 26 heavy (non-hydrogen) atoms. The molecule has 0 bridgehead atoms. The Labute approximate surface area is 161 Å². The van der Waals surface area contributed by atoms with Gasteiger partial charge in [0.1, 0.15) is 0 Å². The number of nitrogens with zero attached hydrogens (tertiary/aromatic N) is 2. The molecule has 1 aliphatic carbocycles. The number of anilines is 1. The molecule has 0 amide bonds. The summed E-state index contributed by atoms with van der Waals surface area (Å²) in [6.07, 6.45) is 7.62. The van der Waals surface area contributed by atoms with E-state index in [1.54, 1.807) is 5.57 Å². The van der Waals surface area contributed by atoms with E-state index in [0.717, 1.165) is 13.1 Å². The Balaban J connectivity index is 1.80. The highest BCUT2D eigenvalue weighted by atomic mass is 15.3. The Morgan fingerprint density at radius 1 is 0.962 bits per heavy atom. The first-order valence-corrected chi connectivity index (χ1v) is 10.6. The number of piperazine rings is 1. The number of para-hydroxylation sites is 1. The second-order valence-corrected chi connectivity index (χ2v) is 9.88. The molecule has 2 aliphatic rings. The molecule has 1 aromatic rings. The minimum Gasteiger partial charge on any atom is -0.368 e. The average Bonchev–Trinajstić information content (AvgIpc) is 2.58. The van der Waals surface area contributed by atoms with Gasteiger partial charge in [0, 0.05) is 37.4 Å². The molecule has 0 unspecified atom stereocenters. The van der Waals surface area contributed by atoms with E-state index in [2.05, 4.69) is 74.8 Å². The number of benzene rings is 1. The normalized spacial score (nSPS) is 23.0. The van der Waals surface area contributed by atoms with Crippen molar-refractivity contribution in [1.29, 1.82) is 0 Å². The first-order valence-electron chi connectivity index (χ1n) is 10.6. The molecule has 0 aromatic heterocycles. The molecule has 1 heterocycles. The summed E-state index contributed by atoms with van der Waals surface area (Å²) in [5.41, 5.74) is 5.12. The van der Waals surface area contributed by atoms with Gasteiger partial charge in [-0.3, -0.25) is 4.90 Å². The summed E-state index contributed by atoms with van der Waals surface area (Å²) in [5, 5.41) is 0. The molecular weight excluding hydrogens is 316 g/mol. The molecule has 0 saturated carbocycles. The van der Waals surface area contributed by atoms with Gasteiger partial charge >= 0.3 is 0 Å². The summed E-state index contributed by atoms with van der Waals surface area (Å²) in [6.45, 7) is 17.9. The maximum atomic E-state index is 2.63. The second kappa shape index (κ2) is 7.76. The molecule has 144 valence electrons. The van der Waals surface area contributed by atoms with Crippen molar-refractivity contribution >= 4 is 11.3 Å². The van der Waals surface area contributed by atoms with E-state index in [9.17, 15) is 0 Å². The molecular formula is C24H38N2. The lowest BCUT2D eigenvalue weighted by molar-refractivity contribution is 0.228. The highest BCUT2D eigenvalue weighted by Crippen LogP contribution is 2.48. The third kappa shape index (κ3) is 4.71. The van der Waals surface area contributed by atoms with Crippen LogP contribution in [0.4, 0.5) is 5.69 Å². The minimum absolute atomic E-state index is 0.281. The van der Waals surface area contributed by atoms with E-state index < -0.39 is 0 Å². The second-order valence-electron chi connectivity index (χ2n) is 9.88. The number of hydrogen-bond donors (Lipinski definition) is 0. The van der Waals surface area contributed by atoms with Crippen LogP contribution in [0.2, 0.25) is 0 Å². The van der Waals surface area contributed by atoms with Gasteiger partial charge in [0.05, 0.1) is 0 Å². The van der Waals surface area contributed by atoms with Crippen LogP contribution in [0.3, 0.4) is 0 Å². The Morgan fingerprint density at radius 2 is 1.65 bits per heavy atom. The maximum absolute atomic E-state index is 2.63. The zero-order chi connectivity index (χ0) is 18.8. The van der Waals surface area contributed by atoms with E-state index in [1.165, 1.54) is 56.6 Å². The van der Waals surface area contributed by atoms with Crippen molar-refractivity contribution in [3.8, 4) is 0 Å². The smallest absolute Gasteiger partial charge is 0.0443 e. The van der Waals surface area contributed by atoms with Crippen molar-refractivity contribution in [2.75, 3.05) is 37.6 Å². The fourth-order valence-corrected chi connectivity index (χ4v) is 5.17. The molecule has 2 heteroatoms. The molecule has 1 saturated heterocycles. The number of rotatable bonds is 5. The van der Waals surface area contributed by atoms with Gasteiger partial charge in [-0.05, 0) is 48.3 Å². The van der Waals surface area contributed by atoms with Gasteiger partial charge in [-0.25, -0.2) is 0 Å². The van der Waals surface area contributed by atoms with Gasteiger partial charge in [0.25, 0.3) is 0 Å². The monoisotopic (exact) mass is 354 g/mol. The largest absolute Gasteiger partial charge is 0.368 e. The van der Waals surface area contributed by atoms with Crippen LogP contribution in [0.25, 0.3) is 5.57 Å². The molecule has 1 aliphatic heterocycles.